The summed E-state index contributed by atoms with van der Waals surface area (Å²) in [5, 5.41) is 4.92. The number of hydrazone groups is 1. The molecule has 2 aromatic rings. The summed E-state index contributed by atoms with van der Waals surface area (Å²) >= 11 is 11.8. The maximum Gasteiger partial charge on any atom is 0.240 e. The Balaban J connectivity index is 1.77. The molecule has 2 rings (SSSR count). The van der Waals surface area contributed by atoms with Gasteiger partial charge in [0, 0.05) is 17.0 Å². The predicted molar refractivity (Wildman–Crippen MR) is 106 cm³/mol. The Hall–Kier alpha value is -2.44. The van der Waals surface area contributed by atoms with Crippen LogP contribution in [-0.4, -0.2) is 32.9 Å². The molecule has 0 aliphatic rings. The van der Waals surface area contributed by atoms with Crippen molar-refractivity contribution in [1.82, 2.24) is 5.43 Å². The second kappa shape index (κ2) is 10.6. The molecule has 0 bridgehead atoms. The summed E-state index contributed by atoms with van der Waals surface area (Å²) in [6.45, 7) is 0.349. The number of hydrogen-bond donors (Lipinski definition) is 1. The molecule has 0 heterocycles. The Labute approximate surface area is 168 Å². The molecule has 0 saturated heterocycles. The molecule has 1 amide bonds. The first kappa shape index (κ1) is 20.9. The van der Waals surface area contributed by atoms with Crippen LogP contribution in [0, 0.1) is 0 Å². The number of nitrogens with zero attached hydrogens (tertiary/aromatic N) is 1. The van der Waals surface area contributed by atoms with E-state index in [4.69, 9.17) is 37.4 Å². The lowest BCUT2D eigenvalue weighted by Gasteiger charge is -2.09. The quantitative estimate of drug-likeness (QED) is 0.379. The number of nitrogens with one attached hydrogen (secondary N) is 1. The normalized spacial score (nSPS) is 10.7. The first-order chi connectivity index (χ1) is 13.0. The van der Waals surface area contributed by atoms with Gasteiger partial charge in [0.2, 0.25) is 5.91 Å². The van der Waals surface area contributed by atoms with Crippen LogP contribution in [0.15, 0.2) is 41.5 Å². The van der Waals surface area contributed by atoms with E-state index in [1.165, 1.54) is 6.21 Å². The first-order valence-electron chi connectivity index (χ1n) is 8.16. The van der Waals surface area contributed by atoms with Gasteiger partial charge in [-0.2, -0.15) is 5.10 Å². The van der Waals surface area contributed by atoms with Gasteiger partial charge in [-0.05, 0) is 36.8 Å². The summed E-state index contributed by atoms with van der Waals surface area (Å²) in [5.74, 6) is 1.44. The van der Waals surface area contributed by atoms with Crippen LogP contribution in [0.3, 0.4) is 0 Å². The third-order valence-electron chi connectivity index (χ3n) is 3.53. The van der Waals surface area contributed by atoms with Gasteiger partial charge in [-0.1, -0.05) is 29.3 Å². The van der Waals surface area contributed by atoms with Gasteiger partial charge < -0.3 is 14.2 Å². The van der Waals surface area contributed by atoms with Crippen LogP contribution in [0.25, 0.3) is 0 Å². The van der Waals surface area contributed by atoms with E-state index in [0.29, 0.717) is 45.9 Å². The summed E-state index contributed by atoms with van der Waals surface area (Å²) < 4.78 is 16.0. The number of carbonyl (C=O) groups is 1. The molecule has 0 unspecified atom stereocenters. The minimum absolute atomic E-state index is 0.223. The molecular weight excluding hydrogens is 391 g/mol. The summed E-state index contributed by atoms with van der Waals surface area (Å²) in [5.41, 5.74) is 3.16. The Morgan fingerprint density at radius 2 is 1.96 bits per heavy atom. The van der Waals surface area contributed by atoms with Crippen molar-refractivity contribution in [3.05, 3.63) is 52.0 Å². The Morgan fingerprint density at radius 3 is 2.67 bits per heavy atom. The van der Waals surface area contributed by atoms with Crippen LogP contribution in [0.5, 0.6) is 17.2 Å². The number of amides is 1. The molecule has 144 valence electrons. The first-order valence-corrected chi connectivity index (χ1v) is 8.91. The summed E-state index contributed by atoms with van der Waals surface area (Å²) in [6, 6.07) is 10.4. The van der Waals surface area contributed by atoms with Crippen molar-refractivity contribution < 1.29 is 19.0 Å². The molecule has 0 saturated carbocycles. The van der Waals surface area contributed by atoms with Gasteiger partial charge in [0.1, 0.15) is 5.75 Å². The van der Waals surface area contributed by atoms with Gasteiger partial charge in [0.25, 0.3) is 0 Å². The minimum Gasteiger partial charge on any atom is -0.493 e. The molecule has 0 radical (unpaired) electrons. The molecule has 0 spiro atoms. The van der Waals surface area contributed by atoms with Crippen molar-refractivity contribution in [2.45, 2.75) is 12.8 Å². The van der Waals surface area contributed by atoms with Gasteiger partial charge in [-0.25, -0.2) is 5.43 Å². The summed E-state index contributed by atoms with van der Waals surface area (Å²) in [7, 11) is 3.10. The number of methoxy groups -OCH3 is 2. The molecule has 1 N–H and O–H groups in total. The van der Waals surface area contributed by atoms with Crippen molar-refractivity contribution in [3.63, 3.8) is 0 Å². The van der Waals surface area contributed by atoms with E-state index in [9.17, 15) is 4.79 Å². The monoisotopic (exact) mass is 410 g/mol. The van der Waals surface area contributed by atoms with E-state index in [1.807, 2.05) is 6.07 Å². The van der Waals surface area contributed by atoms with Crippen molar-refractivity contribution in [2.24, 2.45) is 5.10 Å². The van der Waals surface area contributed by atoms with Crippen LogP contribution in [-0.2, 0) is 4.79 Å². The van der Waals surface area contributed by atoms with E-state index >= 15 is 0 Å². The Morgan fingerprint density at radius 1 is 1.15 bits per heavy atom. The standard InChI is InChI=1S/C19H20Cl2N2O4/c1-25-17-6-3-5-13(19(17)26-2)12-22-23-18(24)7-4-10-27-16-9-8-14(20)11-15(16)21/h3,5-6,8-9,11-12H,4,7,10H2,1-2H3,(H,23,24). The maximum absolute atomic E-state index is 11.9. The third-order valence-corrected chi connectivity index (χ3v) is 4.06. The van der Waals surface area contributed by atoms with Crippen LogP contribution in [0.1, 0.15) is 18.4 Å². The number of para-hydroxylation sites is 1. The van der Waals surface area contributed by atoms with Crippen LogP contribution >= 0.6 is 23.2 Å². The number of hydrogen-bond acceptors (Lipinski definition) is 5. The molecule has 0 atom stereocenters. The molecule has 0 aromatic heterocycles. The third kappa shape index (κ3) is 6.34. The zero-order chi connectivity index (χ0) is 19.6. The topological polar surface area (TPSA) is 69.2 Å². The molecule has 0 aliphatic carbocycles. The predicted octanol–water partition coefficient (Wildman–Crippen LogP) is 4.32. The fourth-order valence-corrected chi connectivity index (χ4v) is 2.71. The van der Waals surface area contributed by atoms with Crippen LogP contribution in [0.4, 0.5) is 0 Å². The number of halogens is 2. The largest absolute Gasteiger partial charge is 0.493 e. The molecule has 6 nitrogen and oxygen atoms in total. The number of benzene rings is 2. The molecule has 27 heavy (non-hydrogen) atoms. The van der Waals surface area contributed by atoms with E-state index in [0.717, 1.165) is 0 Å². The number of carbonyl (C=O) groups excluding carboxylic acids is 1. The lowest BCUT2D eigenvalue weighted by atomic mass is 10.2. The second-order valence-corrected chi connectivity index (χ2v) is 6.25. The van der Waals surface area contributed by atoms with Gasteiger partial charge in [-0.3, -0.25) is 4.79 Å². The highest BCUT2D eigenvalue weighted by atomic mass is 35.5. The lowest BCUT2D eigenvalue weighted by Crippen LogP contribution is -2.18. The van der Waals surface area contributed by atoms with Crippen molar-refractivity contribution in [2.75, 3.05) is 20.8 Å². The van der Waals surface area contributed by atoms with E-state index in [-0.39, 0.29) is 12.3 Å². The Kier molecular flexibility index (Phi) is 8.23. The zero-order valence-corrected chi connectivity index (χ0v) is 16.5. The molecule has 0 fully saturated rings. The zero-order valence-electron chi connectivity index (χ0n) is 15.0. The fraction of sp³-hybridized carbons (Fsp3) is 0.263. The maximum atomic E-state index is 11.9. The van der Waals surface area contributed by atoms with Crippen LogP contribution < -0.4 is 19.6 Å². The van der Waals surface area contributed by atoms with Crippen molar-refractivity contribution in [3.8, 4) is 17.2 Å². The average molecular weight is 411 g/mol. The summed E-state index contributed by atoms with van der Waals surface area (Å²) in [4.78, 5) is 11.9. The number of rotatable bonds is 9. The van der Waals surface area contributed by atoms with Crippen molar-refractivity contribution >= 4 is 35.3 Å². The van der Waals surface area contributed by atoms with E-state index in [2.05, 4.69) is 10.5 Å². The average Bonchev–Trinajstić information content (AvgIpc) is 2.66. The minimum atomic E-state index is -0.223. The lowest BCUT2D eigenvalue weighted by molar-refractivity contribution is -0.121. The van der Waals surface area contributed by atoms with Crippen LogP contribution in [0.2, 0.25) is 10.0 Å². The second-order valence-electron chi connectivity index (χ2n) is 5.40. The number of ether oxygens (including phenoxy) is 3. The molecule has 8 heteroatoms. The highest BCUT2D eigenvalue weighted by molar-refractivity contribution is 6.35. The van der Waals surface area contributed by atoms with Gasteiger partial charge in [0.05, 0.1) is 32.1 Å². The van der Waals surface area contributed by atoms with Gasteiger partial charge in [-0.15, -0.1) is 0 Å². The van der Waals surface area contributed by atoms with E-state index < -0.39 is 0 Å². The SMILES string of the molecule is COc1cccc(C=NNC(=O)CCCOc2ccc(Cl)cc2Cl)c1OC. The Bertz CT molecular complexity index is 812. The molecule has 0 aliphatic heterocycles. The fourth-order valence-electron chi connectivity index (χ4n) is 2.25. The highest BCUT2D eigenvalue weighted by Crippen LogP contribution is 2.29. The highest BCUT2D eigenvalue weighted by Gasteiger charge is 2.08. The molecular formula is C19H20Cl2N2O4. The summed E-state index contributed by atoms with van der Waals surface area (Å²) in [6.07, 6.45) is 2.28. The smallest absolute Gasteiger partial charge is 0.240 e. The van der Waals surface area contributed by atoms with Crippen molar-refractivity contribution in [1.29, 1.82) is 0 Å². The van der Waals surface area contributed by atoms with Gasteiger partial charge >= 0.3 is 0 Å². The van der Waals surface area contributed by atoms with Gasteiger partial charge in [0.15, 0.2) is 11.5 Å². The van der Waals surface area contributed by atoms with E-state index in [1.54, 1.807) is 44.6 Å². The molecule has 2 aromatic carbocycles.